The molecule has 266 valence electrons. The van der Waals surface area contributed by atoms with Crippen molar-refractivity contribution in [3.8, 4) is 44.5 Å². The first-order valence-electron chi connectivity index (χ1n) is 20.2. The SMILES string of the molecule is c1ccc2c(c1)-c1ccccc1C21c2cc(-c3cc4ccc5cccc6ccc(c3)c4c56)ccc2-c2cc3cccc(-c4ccc5oc6ccccc6c5c4)c3cc21. The number of benzene rings is 11. The van der Waals surface area contributed by atoms with Crippen LogP contribution >= 0.6 is 0 Å². The van der Waals surface area contributed by atoms with Crippen molar-refractivity contribution in [2.75, 3.05) is 0 Å². The molecule has 0 bridgehead atoms. The molecule has 0 radical (unpaired) electrons. The van der Waals surface area contributed by atoms with Crippen molar-refractivity contribution in [3.05, 3.63) is 216 Å². The lowest BCUT2D eigenvalue weighted by molar-refractivity contribution is 0.669. The molecule has 12 aromatic rings. The van der Waals surface area contributed by atoms with E-state index in [-0.39, 0.29) is 0 Å². The van der Waals surface area contributed by atoms with Gasteiger partial charge in [-0.2, -0.15) is 0 Å². The summed E-state index contributed by atoms with van der Waals surface area (Å²) in [7, 11) is 0. The third-order valence-corrected chi connectivity index (χ3v) is 13.6. The lowest BCUT2D eigenvalue weighted by Crippen LogP contribution is -2.26. The molecule has 1 nitrogen and oxygen atoms in total. The highest BCUT2D eigenvalue weighted by Gasteiger charge is 2.51. The highest BCUT2D eigenvalue weighted by Crippen LogP contribution is 2.64. The Labute approximate surface area is 334 Å². The molecule has 14 rings (SSSR count). The monoisotopic (exact) mass is 732 g/mol. The van der Waals surface area contributed by atoms with E-state index in [0.29, 0.717) is 0 Å². The fraction of sp³-hybridized carbons (Fsp3) is 0.0175. The number of fused-ring (bicyclic) bond motifs is 14. The molecule has 1 spiro atoms. The first kappa shape index (κ1) is 30.7. The van der Waals surface area contributed by atoms with Crippen LogP contribution in [0, 0.1) is 0 Å². The molecule has 2 aliphatic carbocycles. The zero-order chi connectivity index (χ0) is 37.7. The maximum absolute atomic E-state index is 6.25. The van der Waals surface area contributed by atoms with Gasteiger partial charge < -0.3 is 4.42 Å². The van der Waals surface area contributed by atoms with Crippen LogP contribution in [0.5, 0.6) is 0 Å². The molecule has 0 aliphatic heterocycles. The molecule has 0 fully saturated rings. The number of hydrogen-bond donors (Lipinski definition) is 0. The van der Waals surface area contributed by atoms with Gasteiger partial charge in [0, 0.05) is 10.8 Å². The second kappa shape index (κ2) is 10.9. The Hall–Kier alpha value is -7.48. The van der Waals surface area contributed by atoms with Crippen molar-refractivity contribution in [1.82, 2.24) is 0 Å². The van der Waals surface area contributed by atoms with Gasteiger partial charge in [-0.25, -0.2) is 0 Å². The summed E-state index contributed by atoms with van der Waals surface area (Å²) in [6.07, 6.45) is 0. The summed E-state index contributed by atoms with van der Waals surface area (Å²) in [5.41, 5.74) is 16.9. The molecule has 1 aromatic heterocycles. The van der Waals surface area contributed by atoms with Gasteiger partial charge in [0.15, 0.2) is 0 Å². The Bertz CT molecular complexity index is 3640. The molecule has 1 heteroatoms. The van der Waals surface area contributed by atoms with E-state index in [0.717, 1.165) is 21.9 Å². The van der Waals surface area contributed by atoms with Gasteiger partial charge >= 0.3 is 0 Å². The topological polar surface area (TPSA) is 13.1 Å². The summed E-state index contributed by atoms with van der Waals surface area (Å²) in [6.45, 7) is 0. The number of furan rings is 1. The number of para-hydroxylation sites is 1. The van der Waals surface area contributed by atoms with E-state index in [9.17, 15) is 0 Å². The molecule has 1 heterocycles. The normalized spacial score (nSPS) is 13.7. The summed E-state index contributed by atoms with van der Waals surface area (Å²) in [6, 6.07) is 72.9. The van der Waals surface area contributed by atoms with Crippen LogP contribution < -0.4 is 0 Å². The van der Waals surface area contributed by atoms with Crippen LogP contribution in [0.3, 0.4) is 0 Å². The molecule has 0 atom stereocenters. The van der Waals surface area contributed by atoms with E-state index in [2.05, 4.69) is 188 Å². The number of rotatable bonds is 2. The van der Waals surface area contributed by atoms with Gasteiger partial charge in [0.2, 0.25) is 0 Å². The molecule has 0 unspecified atom stereocenters. The standard InChI is InChI=1S/C57H32O/c1-4-16-49-42(12-1)43-13-2-5-17-50(43)57(49)51-31-35(40-27-38-21-19-33-9-7-10-34-20-22-39(28-40)56(38)55(33)34)23-25-44(51)47-29-36-11-8-15-41(46(36)32-52(47)57)37-24-26-54-48(30-37)45-14-3-6-18-53(45)58-54/h1-32H. The van der Waals surface area contributed by atoms with Crippen LogP contribution in [0.4, 0.5) is 0 Å². The quantitative estimate of drug-likeness (QED) is 0.161. The molecule has 0 amide bonds. The Morgan fingerprint density at radius 2 is 0.862 bits per heavy atom. The van der Waals surface area contributed by atoms with Crippen LogP contribution in [0.25, 0.3) is 110 Å². The average molecular weight is 733 g/mol. The van der Waals surface area contributed by atoms with Gasteiger partial charge in [-0.3, -0.25) is 0 Å². The van der Waals surface area contributed by atoms with Gasteiger partial charge in [-0.15, -0.1) is 0 Å². The summed E-state index contributed by atoms with van der Waals surface area (Å²) in [5.74, 6) is 0. The second-order valence-electron chi connectivity index (χ2n) is 16.3. The summed E-state index contributed by atoms with van der Waals surface area (Å²) in [4.78, 5) is 0. The van der Waals surface area contributed by atoms with E-state index in [1.807, 2.05) is 6.07 Å². The molecular formula is C57H32O. The number of hydrogen-bond acceptors (Lipinski definition) is 1. The molecule has 0 saturated heterocycles. The minimum Gasteiger partial charge on any atom is -0.456 e. The summed E-state index contributed by atoms with van der Waals surface area (Å²) in [5, 5.41) is 12.7. The Morgan fingerprint density at radius 3 is 1.66 bits per heavy atom. The Kier molecular flexibility index (Phi) is 5.76. The maximum atomic E-state index is 6.25. The van der Waals surface area contributed by atoms with Crippen molar-refractivity contribution >= 4 is 65.0 Å². The van der Waals surface area contributed by atoms with Crippen LogP contribution in [0.2, 0.25) is 0 Å². The highest BCUT2D eigenvalue weighted by molar-refractivity contribution is 6.24. The zero-order valence-corrected chi connectivity index (χ0v) is 31.4. The zero-order valence-electron chi connectivity index (χ0n) is 31.4. The van der Waals surface area contributed by atoms with Gasteiger partial charge in [-0.05, 0) is 158 Å². The third-order valence-electron chi connectivity index (χ3n) is 13.6. The minimum absolute atomic E-state index is 0.476. The molecular weight excluding hydrogens is 701 g/mol. The van der Waals surface area contributed by atoms with Gasteiger partial charge in [0.05, 0.1) is 5.41 Å². The Morgan fingerprint density at radius 1 is 0.276 bits per heavy atom. The summed E-state index contributed by atoms with van der Waals surface area (Å²) >= 11 is 0. The van der Waals surface area contributed by atoms with E-state index in [4.69, 9.17) is 4.42 Å². The largest absolute Gasteiger partial charge is 0.456 e. The van der Waals surface area contributed by atoms with E-state index in [1.165, 1.54) is 110 Å². The van der Waals surface area contributed by atoms with Crippen LogP contribution in [0.15, 0.2) is 199 Å². The molecule has 58 heavy (non-hydrogen) atoms. The van der Waals surface area contributed by atoms with Gasteiger partial charge in [0.25, 0.3) is 0 Å². The van der Waals surface area contributed by atoms with E-state index >= 15 is 0 Å². The highest BCUT2D eigenvalue weighted by atomic mass is 16.3. The predicted octanol–water partition coefficient (Wildman–Crippen LogP) is 15.3. The van der Waals surface area contributed by atoms with Crippen molar-refractivity contribution in [3.63, 3.8) is 0 Å². The van der Waals surface area contributed by atoms with Crippen molar-refractivity contribution in [2.24, 2.45) is 0 Å². The van der Waals surface area contributed by atoms with Crippen molar-refractivity contribution < 1.29 is 4.42 Å². The molecule has 2 aliphatic rings. The van der Waals surface area contributed by atoms with Gasteiger partial charge in [0.1, 0.15) is 11.2 Å². The maximum Gasteiger partial charge on any atom is 0.135 e. The average Bonchev–Trinajstić information content (AvgIpc) is 3.90. The first-order valence-corrected chi connectivity index (χ1v) is 20.2. The lowest BCUT2D eigenvalue weighted by atomic mass is 9.70. The minimum atomic E-state index is -0.476. The third kappa shape index (κ3) is 3.81. The lowest BCUT2D eigenvalue weighted by Gasteiger charge is -2.31. The predicted molar refractivity (Wildman–Crippen MR) is 242 cm³/mol. The van der Waals surface area contributed by atoms with Crippen LogP contribution in [-0.2, 0) is 5.41 Å². The molecule has 11 aromatic carbocycles. The summed E-state index contributed by atoms with van der Waals surface area (Å²) < 4.78 is 6.25. The smallest absolute Gasteiger partial charge is 0.135 e. The fourth-order valence-corrected chi connectivity index (χ4v) is 11.2. The van der Waals surface area contributed by atoms with Crippen LogP contribution in [0.1, 0.15) is 22.3 Å². The van der Waals surface area contributed by atoms with Gasteiger partial charge in [-0.1, -0.05) is 146 Å². The Balaban J connectivity index is 1.04. The van der Waals surface area contributed by atoms with E-state index < -0.39 is 5.41 Å². The fourth-order valence-electron chi connectivity index (χ4n) is 11.2. The second-order valence-corrected chi connectivity index (χ2v) is 16.3. The van der Waals surface area contributed by atoms with Crippen LogP contribution in [-0.4, -0.2) is 0 Å². The first-order chi connectivity index (χ1) is 28.7. The molecule has 0 N–H and O–H groups in total. The molecule has 0 saturated carbocycles. The van der Waals surface area contributed by atoms with Crippen molar-refractivity contribution in [1.29, 1.82) is 0 Å². The van der Waals surface area contributed by atoms with Crippen molar-refractivity contribution in [2.45, 2.75) is 5.41 Å². The van der Waals surface area contributed by atoms with E-state index in [1.54, 1.807) is 0 Å².